The Morgan fingerprint density at radius 3 is 2.62 bits per heavy atom. The minimum absolute atomic E-state index is 0.0634. The zero-order valence-corrected chi connectivity index (χ0v) is 16.9. The Balaban J connectivity index is 2.34. The number of ketones is 1. The van der Waals surface area contributed by atoms with E-state index in [-0.39, 0.29) is 20.7 Å². The van der Waals surface area contributed by atoms with Crippen molar-refractivity contribution < 1.29 is 34.1 Å². The number of rotatable bonds is 7. The van der Waals surface area contributed by atoms with Crippen LogP contribution in [0.5, 0.6) is 11.5 Å². The number of carboxylic acids is 1. The first kappa shape index (κ1) is 22.1. The van der Waals surface area contributed by atoms with Crippen LogP contribution in [0.25, 0.3) is 6.08 Å². The number of aromatic hydroxyl groups is 1. The van der Waals surface area contributed by atoms with E-state index in [1.54, 1.807) is 18.2 Å². The molecule has 1 saturated heterocycles. The Kier molecular flexibility index (Phi) is 7.13. The number of nitrogens with zero attached hydrogens (tertiary/aromatic N) is 1. The normalized spacial score (nSPS) is 15.6. The first-order valence-electron chi connectivity index (χ1n) is 8.01. The monoisotopic (exact) mass is 436 g/mol. The molecule has 1 heterocycles. The summed E-state index contributed by atoms with van der Waals surface area (Å²) in [6, 6.07) is 4.75. The molecular formula is C18H16N2O7S2. The molecule has 11 heteroatoms. The number of benzene rings is 1. The molecule has 0 aliphatic carbocycles. The number of phenols is 1. The number of para-hydroxylation sites is 1. The Bertz CT molecular complexity index is 969. The molecule has 1 fully saturated rings. The smallest absolute Gasteiger partial charge is 0.322 e. The number of amides is 2. The highest BCUT2D eigenvalue weighted by atomic mass is 32.2. The second-order valence-electron chi connectivity index (χ2n) is 5.63. The van der Waals surface area contributed by atoms with Gasteiger partial charge in [-0.05, 0) is 19.1 Å². The quantitative estimate of drug-likeness (QED) is 0.250. The summed E-state index contributed by atoms with van der Waals surface area (Å²) in [5, 5.41) is 20.9. The summed E-state index contributed by atoms with van der Waals surface area (Å²) in [5.74, 6) is -3.43. The van der Waals surface area contributed by atoms with Gasteiger partial charge in [0.25, 0.3) is 11.8 Å². The van der Waals surface area contributed by atoms with E-state index in [1.807, 2.05) is 0 Å². The third-order valence-corrected chi connectivity index (χ3v) is 4.97. The average Bonchev–Trinajstić information content (AvgIpc) is 2.92. The number of thioether (sulfide) groups is 1. The number of Topliss-reactive ketones (excluding diaryl/α,β-unsaturated/α-hetero) is 1. The van der Waals surface area contributed by atoms with Gasteiger partial charge >= 0.3 is 5.97 Å². The molecule has 0 aromatic heterocycles. The van der Waals surface area contributed by atoms with Gasteiger partial charge in [0.15, 0.2) is 21.6 Å². The number of methoxy groups -OCH3 is 1. The first-order valence-corrected chi connectivity index (χ1v) is 9.24. The highest BCUT2D eigenvalue weighted by Crippen LogP contribution is 2.37. The third-order valence-electron chi connectivity index (χ3n) is 3.64. The molecule has 29 heavy (non-hydrogen) atoms. The summed E-state index contributed by atoms with van der Waals surface area (Å²) in [7, 11) is 1.39. The fourth-order valence-corrected chi connectivity index (χ4v) is 3.44. The van der Waals surface area contributed by atoms with Crippen LogP contribution >= 0.6 is 24.0 Å². The van der Waals surface area contributed by atoms with Crippen LogP contribution in [0.1, 0.15) is 12.5 Å². The maximum absolute atomic E-state index is 12.7. The number of ether oxygens (including phenoxy) is 1. The fourth-order valence-electron chi connectivity index (χ4n) is 2.24. The Morgan fingerprint density at radius 2 is 2.03 bits per heavy atom. The van der Waals surface area contributed by atoms with Gasteiger partial charge in [-0.25, -0.2) is 0 Å². The van der Waals surface area contributed by atoms with Crippen LogP contribution in [0.3, 0.4) is 0 Å². The van der Waals surface area contributed by atoms with Gasteiger partial charge in [0.1, 0.15) is 6.54 Å². The van der Waals surface area contributed by atoms with E-state index in [0.29, 0.717) is 5.56 Å². The largest absolute Gasteiger partial charge is 0.504 e. The summed E-state index contributed by atoms with van der Waals surface area (Å²) in [6.07, 6.45) is 2.38. The topological polar surface area (TPSA) is 133 Å². The van der Waals surface area contributed by atoms with Crippen molar-refractivity contribution in [2.75, 3.05) is 13.7 Å². The van der Waals surface area contributed by atoms with Gasteiger partial charge in [-0.2, -0.15) is 0 Å². The molecule has 1 aromatic rings. The van der Waals surface area contributed by atoms with Crippen molar-refractivity contribution in [3.8, 4) is 11.5 Å². The molecular weight excluding hydrogens is 420 g/mol. The van der Waals surface area contributed by atoms with E-state index >= 15 is 0 Å². The second kappa shape index (κ2) is 9.34. The Morgan fingerprint density at radius 1 is 1.34 bits per heavy atom. The summed E-state index contributed by atoms with van der Waals surface area (Å²) in [6.45, 7) is 0.421. The molecule has 0 unspecified atom stereocenters. The summed E-state index contributed by atoms with van der Waals surface area (Å²) < 4.78 is 5.09. The lowest BCUT2D eigenvalue weighted by atomic mass is 10.1. The molecule has 1 aromatic carbocycles. The molecule has 9 nitrogen and oxygen atoms in total. The highest BCUT2D eigenvalue weighted by molar-refractivity contribution is 8.26. The predicted molar refractivity (Wildman–Crippen MR) is 109 cm³/mol. The number of hydrogen-bond donors (Lipinski definition) is 3. The van der Waals surface area contributed by atoms with Crippen molar-refractivity contribution in [2.45, 2.75) is 6.92 Å². The van der Waals surface area contributed by atoms with Crippen molar-refractivity contribution in [3.63, 3.8) is 0 Å². The van der Waals surface area contributed by atoms with E-state index in [4.69, 9.17) is 22.1 Å². The van der Waals surface area contributed by atoms with Crippen LogP contribution in [0, 0.1) is 0 Å². The van der Waals surface area contributed by atoms with Crippen LogP contribution in [0.15, 0.2) is 34.9 Å². The molecule has 3 N–H and O–H groups in total. The van der Waals surface area contributed by atoms with Gasteiger partial charge in [-0.1, -0.05) is 36.1 Å². The lowest BCUT2D eigenvalue weighted by Crippen LogP contribution is -2.34. The molecule has 2 amide bonds. The Hall–Kier alpha value is -3.18. The summed E-state index contributed by atoms with van der Waals surface area (Å²) in [5.41, 5.74) is -0.104. The average molecular weight is 436 g/mol. The van der Waals surface area contributed by atoms with Crippen LogP contribution in [-0.2, 0) is 19.2 Å². The van der Waals surface area contributed by atoms with Gasteiger partial charge in [-0.15, -0.1) is 0 Å². The summed E-state index contributed by atoms with van der Waals surface area (Å²) in [4.78, 5) is 48.2. The first-order chi connectivity index (χ1) is 13.6. The minimum atomic E-state index is -1.28. The predicted octanol–water partition coefficient (Wildman–Crippen LogP) is 1.28. The standard InChI is InChI=1S/C18H16N2O7S2/c1-9(21)11(16(25)19-7-14(22)23)8-20-17(26)13(29-18(20)28)6-10-4-3-5-12(27-2)15(10)24/h3-6,8,24H,7H2,1-2H3,(H,19,25)(H,22,23)/b11-8+,13-6+. The number of nitrogens with one attached hydrogen (secondary N) is 1. The van der Waals surface area contributed by atoms with Gasteiger partial charge < -0.3 is 20.3 Å². The zero-order chi connectivity index (χ0) is 21.7. The van der Waals surface area contributed by atoms with Crippen molar-refractivity contribution in [1.82, 2.24) is 10.2 Å². The van der Waals surface area contributed by atoms with Crippen LogP contribution < -0.4 is 10.1 Å². The Labute approximate surface area is 175 Å². The van der Waals surface area contributed by atoms with Crippen molar-refractivity contribution in [1.29, 1.82) is 0 Å². The molecule has 2 rings (SSSR count). The molecule has 0 saturated carbocycles. The zero-order valence-electron chi connectivity index (χ0n) is 15.3. The molecule has 0 spiro atoms. The van der Waals surface area contributed by atoms with Gasteiger partial charge in [0.05, 0.1) is 17.6 Å². The van der Waals surface area contributed by atoms with Gasteiger partial charge in [-0.3, -0.25) is 24.1 Å². The molecule has 1 aliphatic rings. The van der Waals surface area contributed by atoms with E-state index < -0.39 is 35.7 Å². The number of carbonyl (C=O) groups excluding carboxylic acids is 3. The van der Waals surface area contributed by atoms with E-state index in [0.717, 1.165) is 29.8 Å². The van der Waals surface area contributed by atoms with Crippen LogP contribution in [-0.4, -0.2) is 56.7 Å². The second-order valence-corrected chi connectivity index (χ2v) is 7.30. The molecule has 0 atom stereocenters. The number of carboxylic acid groups (broad SMARTS) is 1. The van der Waals surface area contributed by atoms with E-state index in [2.05, 4.69) is 5.32 Å². The maximum Gasteiger partial charge on any atom is 0.322 e. The number of thiocarbonyl (C=S) groups is 1. The van der Waals surface area contributed by atoms with E-state index in [1.165, 1.54) is 13.2 Å². The van der Waals surface area contributed by atoms with Crippen LogP contribution in [0.2, 0.25) is 0 Å². The van der Waals surface area contributed by atoms with Crippen molar-refractivity contribution in [3.05, 3.63) is 40.4 Å². The van der Waals surface area contributed by atoms with Gasteiger partial charge in [0, 0.05) is 11.8 Å². The molecule has 1 aliphatic heterocycles. The lowest BCUT2D eigenvalue weighted by Gasteiger charge is -2.11. The van der Waals surface area contributed by atoms with Gasteiger partial charge in [0.2, 0.25) is 0 Å². The minimum Gasteiger partial charge on any atom is -0.504 e. The number of aliphatic carboxylic acids is 1. The van der Waals surface area contributed by atoms with Crippen LogP contribution in [0.4, 0.5) is 0 Å². The summed E-state index contributed by atoms with van der Waals surface area (Å²) >= 11 is 6.07. The highest BCUT2D eigenvalue weighted by Gasteiger charge is 2.32. The maximum atomic E-state index is 12.7. The fraction of sp³-hybridized carbons (Fsp3) is 0.167. The SMILES string of the molecule is COc1cccc(/C=C2/SC(=S)N(/C=C(\C(C)=O)C(=O)NCC(=O)O)C2=O)c1O. The number of phenolic OH excluding ortho intramolecular Hbond substituents is 1. The number of hydrogen-bond acceptors (Lipinski definition) is 8. The third kappa shape index (κ3) is 5.21. The molecule has 152 valence electrons. The molecule has 0 radical (unpaired) electrons. The van der Waals surface area contributed by atoms with Crippen molar-refractivity contribution >= 4 is 57.9 Å². The lowest BCUT2D eigenvalue weighted by molar-refractivity contribution is -0.137. The number of carbonyl (C=O) groups is 4. The van der Waals surface area contributed by atoms with Crippen molar-refractivity contribution in [2.24, 2.45) is 0 Å². The molecule has 0 bridgehead atoms. The van der Waals surface area contributed by atoms with E-state index in [9.17, 15) is 24.3 Å².